The van der Waals surface area contributed by atoms with Gasteiger partial charge in [0.25, 0.3) is 0 Å². The molecule has 0 aromatic carbocycles. The quantitative estimate of drug-likeness (QED) is 0.735. The summed E-state index contributed by atoms with van der Waals surface area (Å²) < 4.78 is 2.00. The molecule has 16 heavy (non-hydrogen) atoms. The Bertz CT molecular complexity index is 326. The Hall–Kier alpha value is -0.500. The van der Waals surface area contributed by atoms with Crippen molar-refractivity contribution in [1.29, 1.82) is 0 Å². The number of aromatic nitrogens is 2. The maximum absolute atomic E-state index is 6.20. The van der Waals surface area contributed by atoms with Gasteiger partial charge in [0.05, 0.1) is 6.20 Å². The molecule has 2 rings (SSSR count). The third-order valence-corrected chi connectivity index (χ3v) is 4.35. The SMILES string of the molecule is CCn1cc(CC2(CCl)CCCCC2)cn1. The van der Waals surface area contributed by atoms with Crippen molar-refractivity contribution in [3.05, 3.63) is 18.0 Å². The van der Waals surface area contributed by atoms with Crippen LogP contribution in [0.25, 0.3) is 0 Å². The molecule has 1 aliphatic rings. The lowest BCUT2D eigenvalue weighted by Crippen LogP contribution is -2.28. The maximum Gasteiger partial charge on any atom is 0.0521 e. The molecule has 0 spiro atoms. The largest absolute Gasteiger partial charge is 0.273 e. The highest BCUT2D eigenvalue weighted by molar-refractivity contribution is 6.18. The summed E-state index contributed by atoms with van der Waals surface area (Å²) in [7, 11) is 0. The van der Waals surface area contributed by atoms with Crippen LogP contribution in [-0.2, 0) is 13.0 Å². The number of hydrogen-bond acceptors (Lipinski definition) is 1. The van der Waals surface area contributed by atoms with E-state index in [4.69, 9.17) is 11.6 Å². The van der Waals surface area contributed by atoms with E-state index in [0.717, 1.165) is 18.8 Å². The minimum atomic E-state index is 0.349. The number of aryl methyl sites for hydroxylation is 1. The summed E-state index contributed by atoms with van der Waals surface area (Å²) in [5.41, 5.74) is 1.70. The van der Waals surface area contributed by atoms with Crippen LogP contribution in [-0.4, -0.2) is 15.7 Å². The van der Waals surface area contributed by atoms with E-state index in [1.54, 1.807) is 0 Å². The highest BCUT2D eigenvalue weighted by Crippen LogP contribution is 2.40. The molecular formula is C13H21ClN2. The number of rotatable bonds is 4. The zero-order valence-corrected chi connectivity index (χ0v) is 10.8. The lowest BCUT2D eigenvalue weighted by molar-refractivity contribution is 0.219. The fourth-order valence-electron chi connectivity index (χ4n) is 2.76. The van der Waals surface area contributed by atoms with Gasteiger partial charge in [0.2, 0.25) is 0 Å². The molecule has 1 saturated carbocycles. The monoisotopic (exact) mass is 240 g/mol. The second-order valence-electron chi connectivity index (χ2n) is 5.08. The van der Waals surface area contributed by atoms with E-state index in [2.05, 4.69) is 18.2 Å². The van der Waals surface area contributed by atoms with E-state index >= 15 is 0 Å². The minimum Gasteiger partial charge on any atom is -0.273 e. The molecule has 90 valence electrons. The van der Waals surface area contributed by atoms with Crippen molar-refractivity contribution < 1.29 is 0 Å². The Morgan fingerprint density at radius 1 is 1.38 bits per heavy atom. The molecule has 0 atom stereocenters. The third-order valence-electron chi connectivity index (χ3n) is 3.79. The lowest BCUT2D eigenvalue weighted by atomic mass is 9.72. The molecule has 1 fully saturated rings. The third kappa shape index (κ3) is 2.60. The molecule has 1 heterocycles. The van der Waals surface area contributed by atoms with E-state index < -0.39 is 0 Å². The van der Waals surface area contributed by atoms with Gasteiger partial charge in [-0.15, -0.1) is 11.6 Å². The Morgan fingerprint density at radius 3 is 2.69 bits per heavy atom. The molecule has 0 amide bonds. The van der Waals surface area contributed by atoms with Gasteiger partial charge in [0, 0.05) is 18.6 Å². The highest BCUT2D eigenvalue weighted by atomic mass is 35.5. The first-order valence-corrected chi connectivity index (χ1v) is 6.89. The standard InChI is InChI=1S/C13H21ClN2/c1-2-16-10-12(9-15-16)8-13(11-14)6-4-3-5-7-13/h9-10H,2-8,11H2,1H3. The first kappa shape index (κ1) is 12.0. The molecular weight excluding hydrogens is 220 g/mol. The van der Waals surface area contributed by atoms with Gasteiger partial charge >= 0.3 is 0 Å². The smallest absolute Gasteiger partial charge is 0.0521 e. The van der Waals surface area contributed by atoms with Gasteiger partial charge in [-0.3, -0.25) is 4.68 Å². The van der Waals surface area contributed by atoms with Gasteiger partial charge in [-0.2, -0.15) is 5.10 Å². The molecule has 1 aromatic rings. The van der Waals surface area contributed by atoms with Crippen molar-refractivity contribution >= 4 is 11.6 Å². The molecule has 0 saturated heterocycles. The zero-order valence-electron chi connectivity index (χ0n) is 10.1. The first-order chi connectivity index (χ1) is 7.78. The second-order valence-corrected chi connectivity index (χ2v) is 5.34. The average molecular weight is 241 g/mol. The molecule has 0 unspecified atom stereocenters. The van der Waals surface area contributed by atoms with Gasteiger partial charge in [0.15, 0.2) is 0 Å². The van der Waals surface area contributed by atoms with Gasteiger partial charge in [0.1, 0.15) is 0 Å². The molecule has 2 nitrogen and oxygen atoms in total. The number of alkyl halides is 1. The van der Waals surface area contributed by atoms with E-state index in [1.807, 2.05) is 10.9 Å². The molecule has 0 N–H and O–H groups in total. The van der Waals surface area contributed by atoms with E-state index in [-0.39, 0.29) is 0 Å². The number of nitrogens with zero attached hydrogens (tertiary/aromatic N) is 2. The summed E-state index contributed by atoms with van der Waals surface area (Å²) in [6.07, 6.45) is 11.9. The molecule has 0 radical (unpaired) electrons. The topological polar surface area (TPSA) is 17.8 Å². The number of hydrogen-bond donors (Lipinski definition) is 0. The average Bonchev–Trinajstić information content (AvgIpc) is 2.78. The highest BCUT2D eigenvalue weighted by Gasteiger charge is 2.31. The maximum atomic E-state index is 6.20. The van der Waals surface area contributed by atoms with Crippen LogP contribution in [0.2, 0.25) is 0 Å². The van der Waals surface area contributed by atoms with Crippen LogP contribution in [0.1, 0.15) is 44.6 Å². The predicted octanol–water partition coefficient (Wildman–Crippen LogP) is 3.63. The van der Waals surface area contributed by atoms with Crippen LogP contribution in [0.15, 0.2) is 12.4 Å². The van der Waals surface area contributed by atoms with Crippen LogP contribution in [0.5, 0.6) is 0 Å². The summed E-state index contributed by atoms with van der Waals surface area (Å²) in [4.78, 5) is 0. The van der Waals surface area contributed by atoms with Crippen LogP contribution in [0, 0.1) is 5.41 Å². The fraction of sp³-hybridized carbons (Fsp3) is 0.769. The van der Waals surface area contributed by atoms with E-state index in [0.29, 0.717) is 5.41 Å². The molecule has 0 aliphatic heterocycles. The number of halogens is 1. The van der Waals surface area contributed by atoms with Crippen molar-refractivity contribution in [2.45, 2.75) is 52.0 Å². The zero-order chi connectivity index (χ0) is 11.4. The van der Waals surface area contributed by atoms with Gasteiger partial charge < -0.3 is 0 Å². The van der Waals surface area contributed by atoms with Crippen LogP contribution >= 0.6 is 11.6 Å². The Balaban J connectivity index is 2.05. The van der Waals surface area contributed by atoms with Gasteiger partial charge in [-0.1, -0.05) is 19.3 Å². The molecule has 3 heteroatoms. The van der Waals surface area contributed by atoms with Crippen molar-refractivity contribution in [3.63, 3.8) is 0 Å². The fourth-order valence-corrected chi connectivity index (χ4v) is 3.12. The summed E-state index contributed by atoms with van der Waals surface area (Å²) in [5.74, 6) is 0.796. The summed E-state index contributed by atoms with van der Waals surface area (Å²) in [6, 6.07) is 0. The molecule has 0 bridgehead atoms. The van der Waals surface area contributed by atoms with Crippen LogP contribution in [0.3, 0.4) is 0 Å². The predicted molar refractivity (Wildman–Crippen MR) is 67.8 cm³/mol. The normalized spacial score (nSPS) is 19.9. The van der Waals surface area contributed by atoms with Crippen LogP contribution < -0.4 is 0 Å². The summed E-state index contributed by atoms with van der Waals surface area (Å²) >= 11 is 6.20. The van der Waals surface area contributed by atoms with Gasteiger partial charge in [-0.05, 0) is 37.2 Å². The van der Waals surface area contributed by atoms with Crippen molar-refractivity contribution in [1.82, 2.24) is 9.78 Å². The Labute approximate surface area is 103 Å². The Kier molecular flexibility index (Phi) is 3.91. The second kappa shape index (κ2) is 5.22. The first-order valence-electron chi connectivity index (χ1n) is 6.35. The van der Waals surface area contributed by atoms with E-state index in [1.165, 1.54) is 37.7 Å². The minimum absolute atomic E-state index is 0.349. The molecule has 1 aromatic heterocycles. The molecule has 1 aliphatic carbocycles. The summed E-state index contributed by atoms with van der Waals surface area (Å²) in [5, 5.41) is 4.34. The van der Waals surface area contributed by atoms with E-state index in [9.17, 15) is 0 Å². The lowest BCUT2D eigenvalue weighted by Gasteiger charge is -2.35. The van der Waals surface area contributed by atoms with Crippen molar-refractivity contribution in [3.8, 4) is 0 Å². The van der Waals surface area contributed by atoms with Crippen LogP contribution in [0.4, 0.5) is 0 Å². The van der Waals surface area contributed by atoms with Crippen molar-refractivity contribution in [2.24, 2.45) is 5.41 Å². The van der Waals surface area contributed by atoms with Gasteiger partial charge in [-0.25, -0.2) is 0 Å². The summed E-state index contributed by atoms with van der Waals surface area (Å²) in [6.45, 7) is 3.07. The Morgan fingerprint density at radius 2 is 2.12 bits per heavy atom. The van der Waals surface area contributed by atoms with Crippen molar-refractivity contribution in [2.75, 3.05) is 5.88 Å².